The van der Waals surface area contributed by atoms with Gasteiger partial charge in [0.2, 0.25) is 0 Å². The molecule has 0 aliphatic rings. The fourth-order valence-electron chi connectivity index (χ4n) is 1.54. The summed E-state index contributed by atoms with van der Waals surface area (Å²) in [5.41, 5.74) is 2.21. The Balaban J connectivity index is 2.27. The van der Waals surface area contributed by atoms with Gasteiger partial charge in [-0.05, 0) is 24.6 Å². The SMILES string of the molecule is C=C(C)COCCNC(=O)Nc1ccc(CC(=O)O)cc1. The van der Waals surface area contributed by atoms with Crippen LogP contribution in [0.2, 0.25) is 0 Å². The van der Waals surface area contributed by atoms with Gasteiger partial charge in [0, 0.05) is 12.2 Å². The largest absolute Gasteiger partial charge is 0.481 e. The van der Waals surface area contributed by atoms with Gasteiger partial charge in [0.05, 0.1) is 19.6 Å². The molecule has 0 aliphatic carbocycles. The Bertz CT molecular complexity index is 497. The molecule has 0 fully saturated rings. The first-order valence-electron chi connectivity index (χ1n) is 6.55. The Morgan fingerprint density at radius 2 is 1.95 bits per heavy atom. The lowest BCUT2D eigenvalue weighted by molar-refractivity contribution is -0.136. The van der Waals surface area contributed by atoms with Crippen molar-refractivity contribution in [2.24, 2.45) is 0 Å². The summed E-state index contributed by atoms with van der Waals surface area (Å²) in [7, 11) is 0. The van der Waals surface area contributed by atoms with Gasteiger partial charge in [-0.3, -0.25) is 4.79 Å². The summed E-state index contributed by atoms with van der Waals surface area (Å²) < 4.78 is 5.25. The van der Waals surface area contributed by atoms with Crippen LogP contribution in [0.15, 0.2) is 36.4 Å². The Morgan fingerprint density at radius 3 is 2.52 bits per heavy atom. The molecule has 2 amide bonds. The van der Waals surface area contributed by atoms with Crippen LogP contribution in [0.3, 0.4) is 0 Å². The molecule has 0 atom stereocenters. The minimum atomic E-state index is -0.886. The van der Waals surface area contributed by atoms with Gasteiger partial charge in [0.25, 0.3) is 0 Å². The molecule has 114 valence electrons. The standard InChI is InChI=1S/C15H20N2O4/c1-11(2)10-21-8-7-16-15(20)17-13-5-3-12(4-6-13)9-14(18)19/h3-6H,1,7-10H2,2H3,(H,18,19)(H2,16,17,20). The summed E-state index contributed by atoms with van der Waals surface area (Å²) >= 11 is 0. The van der Waals surface area contributed by atoms with Crippen LogP contribution < -0.4 is 10.6 Å². The zero-order valence-electron chi connectivity index (χ0n) is 12.0. The van der Waals surface area contributed by atoms with Crippen molar-refractivity contribution in [1.82, 2.24) is 5.32 Å². The average Bonchev–Trinajstić information content (AvgIpc) is 2.39. The molecule has 0 saturated heterocycles. The molecule has 0 spiro atoms. The van der Waals surface area contributed by atoms with E-state index in [-0.39, 0.29) is 12.5 Å². The molecule has 21 heavy (non-hydrogen) atoms. The number of amides is 2. The highest BCUT2D eigenvalue weighted by molar-refractivity contribution is 5.89. The predicted molar refractivity (Wildman–Crippen MR) is 80.4 cm³/mol. The number of hydrogen-bond donors (Lipinski definition) is 3. The molecule has 1 rings (SSSR count). The number of carboxylic acid groups (broad SMARTS) is 1. The third-order valence-corrected chi connectivity index (χ3v) is 2.45. The summed E-state index contributed by atoms with van der Waals surface area (Å²) in [6.07, 6.45) is -0.0352. The number of ether oxygens (including phenoxy) is 1. The molecule has 3 N–H and O–H groups in total. The van der Waals surface area contributed by atoms with E-state index in [1.54, 1.807) is 24.3 Å². The summed E-state index contributed by atoms with van der Waals surface area (Å²) in [5.74, 6) is -0.886. The van der Waals surface area contributed by atoms with E-state index in [2.05, 4.69) is 17.2 Å². The molecular weight excluding hydrogens is 272 g/mol. The van der Waals surface area contributed by atoms with E-state index in [0.717, 1.165) is 5.57 Å². The van der Waals surface area contributed by atoms with E-state index in [4.69, 9.17) is 9.84 Å². The second-order valence-corrected chi connectivity index (χ2v) is 4.66. The van der Waals surface area contributed by atoms with Gasteiger partial charge in [0.1, 0.15) is 0 Å². The molecule has 0 unspecified atom stereocenters. The number of hydrogen-bond acceptors (Lipinski definition) is 3. The number of aliphatic carboxylic acids is 1. The molecule has 0 aromatic heterocycles. The molecule has 0 aliphatic heterocycles. The number of anilines is 1. The quantitative estimate of drug-likeness (QED) is 0.505. The maximum Gasteiger partial charge on any atom is 0.319 e. The van der Waals surface area contributed by atoms with Crippen molar-refractivity contribution in [2.75, 3.05) is 25.1 Å². The second-order valence-electron chi connectivity index (χ2n) is 4.66. The van der Waals surface area contributed by atoms with Crippen LogP contribution in [0.1, 0.15) is 12.5 Å². The zero-order chi connectivity index (χ0) is 15.7. The summed E-state index contributed by atoms with van der Waals surface area (Å²) in [5, 5.41) is 14.0. The molecule has 0 heterocycles. The van der Waals surface area contributed by atoms with Crippen molar-refractivity contribution in [3.63, 3.8) is 0 Å². The number of benzene rings is 1. The maximum atomic E-state index is 11.6. The molecular formula is C15H20N2O4. The highest BCUT2D eigenvalue weighted by atomic mass is 16.5. The number of carbonyl (C=O) groups excluding carboxylic acids is 1. The fraction of sp³-hybridized carbons (Fsp3) is 0.333. The topological polar surface area (TPSA) is 87.7 Å². The molecule has 1 aromatic rings. The molecule has 6 heteroatoms. The lowest BCUT2D eigenvalue weighted by atomic mass is 10.1. The smallest absolute Gasteiger partial charge is 0.319 e. The molecule has 1 aromatic carbocycles. The number of carboxylic acids is 1. The fourth-order valence-corrected chi connectivity index (χ4v) is 1.54. The van der Waals surface area contributed by atoms with Gasteiger partial charge in [-0.25, -0.2) is 4.79 Å². The van der Waals surface area contributed by atoms with Gasteiger partial charge in [-0.2, -0.15) is 0 Å². The van der Waals surface area contributed by atoms with Crippen molar-refractivity contribution < 1.29 is 19.4 Å². The van der Waals surface area contributed by atoms with Crippen LogP contribution in [0.25, 0.3) is 0 Å². The van der Waals surface area contributed by atoms with E-state index in [9.17, 15) is 9.59 Å². The van der Waals surface area contributed by atoms with Gasteiger partial charge in [-0.1, -0.05) is 24.3 Å². The van der Waals surface area contributed by atoms with Crippen molar-refractivity contribution >= 4 is 17.7 Å². The van der Waals surface area contributed by atoms with Crippen LogP contribution in [0.4, 0.5) is 10.5 Å². The van der Waals surface area contributed by atoms with Gasteiger partial charge < -0.3 is 20.5 Å². The molecule has 0 bridgehead atoms. The Morgan fingerprint density at radius 1 is 1.29 bits per heavy atom. The van der Waals surface area contributed by atoms with E-state index >= 15 is 0 Å². The zero-order valence-corrected chi connectivity index (χ0v) is 12.0. The number of urea groups is 1. The monoisotopic (exact) mass is 292 g/mol. The minimum Gasteiger partial charge on any atom is -0.481 e. The van der Waals surface area contributed by atoms with Crippen LogP contribution in [-0.2, 0) is 16.0 Å². The number of rotatable bonds is 8. The van der Waals surface area contributed by atoms with E-state index < -0.39 is 5.97 Å². The van der Waals surface area contributed by atoms with Crippen LogP contribution in [-0.4, -0.2) is 36.9 Å². The number of nitrogens with one attached hydrogen (secondary N) is 2. The molecule has 6 nitrogen and oxygen atoms in total. The Labute approximate surface area is 123 Å². The minimum absolute atomic E-state index is 0.0352. The summed E-state index contributed by atoms with van der Waals surface area (Å²) in [4.78, 5) is 22.1. The number of carbonyl (C=O) groups is 2. The van der Waals surface area contributed by atoms with Gasteiger partial charge >= 0.3 is 12.0 Å². The van der Waals surface area contributed by atoms with Crippen molar-refractivity contribution in [3.05, 3.63) is 42.0 Å². The molecule has 0 radical (unpaired) electrons. The van der Waals surface area contributed by atoms with Crippen molar-refractivity contribution in [2.45, 2.75) is 13.3 Å². The third-order valence-electron chi connectivity index (χ3n) is 2.45. The van der Waals surface area contributed by atoms with Crippen LogP contribution in [0, 0.1) is 0 Å². The predicted octanol–water partition coefficient (Wildman–Crippen LogP) is 2.03. The highest BCUT2D eigenvalue weighted by Gasteiger charge is 2.03. The normalized spacial score (nSPS) is 9.95. The molecule has 0 saturated carbocycles. The first kappa shape index (κ1) is 16.7. The summed E-state index contributed by atoms with van der Waals surface area (Å²) in [6, 6.07) is 6.32. The third kappa shape index (κ3) is 7.74. The summed E-state index contributed by atoms with van der Waals surface area (Å²) in [6.45, 7) is 6.87. The Hall–Kier alpha value is -2.34. The lowest BCUT2D eigenvalue weighted by Gasteiger charge is -2.08. The van der Waals surface area contributed by atoms with E-state index in [1.165, 1.54) is 0 Å². The second kappa shape index (κ2) is 8.76. The van der Waals surface area contributed by atoms with Crippen LogP contribution in [0.5, 0.6) is 0 Å². The van der Waals surface area contributed by atoms with E-state index in [1.807, 2.05) is 6.92 Å². The maximum absolute atomic E-state index is 11.6. The first-order chi connectivity index (χ1) is 9.97. The van der Waals surface area contributed by atoms with E-state index in [0.29, 0.717) is 31.0 Å². The van der Waals surface area contributed by atoms with Crippen molar-refractivity contribution in [3.8, 4) is 0 Å². The van der Waals surface area contributed by atoms with Gasteiger partial charge in [0.15, 0.2) is 0 Å². The lowest BCUT2D eigenvalue weighted by Crippen LogP contribution is -2.31. The average molecular weight is 292 g/mol. The van der Waals surface area contributed by atoms with Crippen molar-refractivity contribution in [1.29, 1.82) is 0 Å². The highest BCUT2D eigenvalue weighted by Crippen LogP contribution is 2.09. The van der Waals surface area contributed by atoms with Crippen LogP contribution >= 0.6 is 0 Å². The van der Waals surface area contributed by atoms with Gasteiger partial charge in [-0.15, -0.1) is 0 Å². The first-order valence-corrected chi connectivity index (χ1v) is 6.55. The Kier molecular flexibility index (Phi) is 6.97.